The maximum atomic E-state index is 11.6. The highest BCUT2D eigenvalue weighted by atomic mass is 16.6. The second-order valence-electron chi connectivity index (χ2n) is 5.95. The summed E-state index contributed by atoms with van der Waals surface area (Å²) in [5, 5.41) is 2.21. The molecule has 0 aliphatic heterocycles. The average Bonchev–Trinajstić information content (AvgIpc) is 2.45. The first-order valence-electron chi connectivity index (χ1n) is 7.17. The third kappa shape index (κ3) is 4.11. The molecule has 22 heavy (non-hydrogen) atoms. The number of carbonyl (C=O) groups is 1. The molecule has 2 N–H and O–H groups in total. The highest BCUT2D eigenvalue weighted by molar-refractivity contribution is 5.87. The first-order chi connectivity index (χ1) is 10.4. The highest BCUT2D eigenvalue weighted by Crippen LogP contribution is 2.27. The largest absolute Gasteiger partial charge is 0.496 e. The minimum absolute atomic E-state index is 0.434. The van der Waals surface area contributed by atoms with Crippen molar-refractivity contribution in [1.82, 2.24) is 10.9 Å². The lowest BCUT2D eigenvalue weighted by molar-refractivity contribution is 0.0497. The first kappa shape index (κ1) is 16.1. The van der Waals surface area contributed by atoms with Crippen LogP contribution in [0.15, 0.2) is 36.4 Å². The number of hydrogen-bond acceptors (Lipinski definition) is 4. The molecular weight excluding hydrogens is 280 g/mol. The van der Waals surface area contributed by atoms with Crippen molar-refractivity contribution in [1.29, 1.82) is 0 Å². The van der Waals surface area contributed by atoms with Gasteiger partial charge in [0.05, 0.1) is 7.11 Å². The molecule has 0 saturated carbocycles. The number of ether oxygens (including phenoxy) is 2. The Bertz CT molecular complexity index is 662. The zero-order chi connectivity index (χ0) is 16.2. The van der Waals surface area contributed by atoms with E-state index in [1.807, 2.05) is 57.2 Å². The molecule has 2 aromatic rings. The number of hydrogen-bond donors (Lipinski definition) is 2. The van der Waals surface area contributed by atoms with Gasteiger partial charge in [-0.05, 0) is 37.6 Å². The van der Waals surface area contributed by atoms with Gasteiger partial charge in [-0.15, -0.1) is 0 Å². The van der Waals surface area contributed by atoms with Gasteiger partial charge in [-0.1, -0.05) is 30.3 Å². The lowest BCUT2D eigenvalue weighted by Gasteiger charge is -2.20. The number of fused-ring (bicyclic) bond motifs is 1. The van der Waals surface area contributed by atoms with Crippen molar-refractivity contribution in [3.63, 3.8) is 0 Å². The topological polar surface area (TPSA) is 59.6 Å². The number of nitrogens with one attached hydrogen (secondary N) is 2. The van der Waals surface area contributed by atoms with Crippen LogP contribution in [0, 0.1) is 0 Å². The van der Waals surface area contributed by atoms with Crippen molar-refractivity contribution >= 4 is 16.9 Å². The fourth-order valence-electron chi connectivity index (χ4n) is 2.20. The highest BCUT2D eigenvalue weighted by Gasteiger charge is 2.16. The predicted molar refractivity (Wildman–Crippen MR) is 86.7 cm³/mol. The lowest BCUT2D eigenvalue weighted by atomic mass is 10.0. The van der Waals surface area contributed by atoms with E-state index in [1.54, 1.807) is 7.11 Å². The zero-order valence-electron chi connectivity index (χ0n) is 13.4. The fourth-order valence-corrected chi connectivity index (χ4v) is 2.20. The number of amides is 1. The summed E-state index contributed by atoms with van der Waals surface area (Å²) in [7, 11) is 1.63. The van der Waals surface area contributed by atoms with Gasteiger partial charge in [0.15, 0.2) is 0 Å². The lowest BCUT2D eigenvalue weighted by Crippen LogP contribution is -2.40. The van der Waals surface area contributed by atoms with Crippen molar-refractivity contribution in [2.24, 2.45) is 0 Å². The quantitative estimate of drug-likeness (QED) is 0.850. The third-order valence-corrected chi connectivity index (χ3v) is 3.07. The van der Waals surface area contributed by atoms with Crippen LogP contribution in [0.5, 0.6) is 5.75 Å². The minimum Gasteiger partial charge on any atom is -0.496 e. The van der Waals surface area contributed by atoms with Gasteiger partial charge in [0.2, 0.25) is 0 Å². The minimum atomic E-state index is -0.525. The van der Waals surface area contributed by atoms with Gasteiger partial charge >= 0.3 is 6.09 Å². The third-order valence-electron chi connectivity index (χ3n) is 3.07. The van der Waals surface area contributed by atoms with E-state index in [-0.39, 0.29) is 0 Å². The number of carbonyl (C=O) groups excluding carboxylic acids is 1. The van der Waals surface area contributed by atoms with Gasteiger partial charge in [0, 0.05) is 12.1 Å². The van der Waals surface area contributed by atoms with E-state index in [0.717, 1.165) is 22.1 Å². The van der Waals surface area contributed by atoms with Crippen LogP contribution in [-0.2, 0) is 11.3 Å². The Morgan fingerprint density at radius 1 is 1.14 bits per heavy atom. The Balaban J connectivity index is 2.09. The van der Waals surface area contributed by atoms with Gasteiger partial charge in [0.1, 0.15) is 11.4 Å². The summed E-state index contributed by atoms with van der Waals surface area (Å²) < 4.78 is 10.6. The average molecular weight is 302 g/mol. The molecule has 118 valence electrons. The summed E-state index contributed by atoms with van der Waals surface area (Å²) in [4.78, 5) is 11.6. The molecule has 1 amide bonds. The Labute approximate surface area is 130 Å². The van der Waals surface area contributed by atoms with Gasteiger partial charge in [-0.2, -0.15) is 0 Å². The van der Waals surface area contributed by atoms with Gasteiger partial charge in [-0.25, -0.2) is 10.2 Å². The summed E-state index contributed by atoms with van der Waals surface area (Å²) >= 11 is 0. The van der Waals surface area contributed by atoms with Crippen molar-refractivity contribution in [3.05, 3.63) is 42.0 Å². The van der Waals surface area contributed by atoms with Crippen LogP contribution >= 0.6 is 0 Å². The molecule has 2 rings (SSSR count). The van der Waals surface area contributed by atoms with Crippen LogP contribution in [-0.4, -0.2) is 18.8 Å². The SMILES string of the molecule is COc1ccc2ccccc2c1CNNC(=O)OC(C)(C)C. The molecule has 0 unspecified atom stereocenters. The summed E-state index contributed by atoms with van der Waals surface area (Å²) in [6, 6.07) is 12.0. The molecule has 0 atom stereocenters. The van der Waals surface area contributed by atoms with E-state index in [9.17, 15) is 4.79 Å². The summed E-state index contributed by atoms with van der Waals surface area (Å²) in [6.07, 6.45) is -0.508. The van der Waals surface area contributed by atoms with Crippen LogP contribution in [0.25, 0.3) is 10.8 Å². The maximum Gasteiger partial charge on any atom is 0.422 e. The number of benzene rings is 2. The van der Waals surface area contributed by atoms with Gasteiger partial charge in [-0.3, -0.25) is 5.43 Å². The van der Waals surface area contributed by atoms with Crippen molar-refractivity contribution in [2.75, 3.05) is 7.11 Å². The van der Waals surface area contributed by atoms with E-state index in [1.165, 1.54) is 0 Å². The van der Waals surface area contributed by atoms with Crippen molar-refractivity contribution in [3.8, 4) is 5.75 Å². The Hall–Kier alpha value is -2.27. The Morgan fingerprint density at radius 3 is 2.55 bits per heavy atom. The molecule has 0 saturated heterocycles. The van der Waals surface area contributed by atoms with E-state index >= 15 is 0 Å². The van der Waals surface area contributed by atoms with Gasteiger partial charge in [0.25, 0.3) is 0 Å². The molecule has 0 spiro atoms. The molecule has 0 radical (unpaired) electrons. The number of methoxy groups -OCH3 is 1. The molecule has 0 aromatic heterocycles. The molecule has 0 aliphatic rings. The molecule has 0 heterocycles. The fraction of sp³-hybridized carbons (Fsp3) is 0.353. The van der Waals surface area contributed by atoms with Crippen LogP contribution in [0.1, 0.15) is 26.3 Å². The molecule has 2 aromatic carbocycles. The summed E-state index contributed by atoms with van der Waals surface area (Å²) in [5.74, 6) is 0.775. The number of rotatable bonds is 4. The van der Waals surface area contributed by atoms with E-state index in [0.29, 0.717) is 6.54 Å². The maximum absolute atomic E-state index is 11.6. The summed E-state index contributed by atoms with van der Waals surface area (Å²) in [5.41, 5.74) is 5.88. The van der Waals surface area contributed by atoms with Crippen molar-refractivity contribution in [2.45, 2.75) is 32.9 Å². The van der Waals surface area contributed by atoms with Crippen LogP contribution in [0.3, 0.4) is 0 Å². The molecule has 0 aliphatic carbocycles. The summed E-state index contributed by atoms with van der Waals surface area (Å²) in [6.45, 7) is 5.89. The standard InChI is InChI=1S/C17H22N2O3/c1-17(2,3)22-16(20)19-18-11-14-13-8-6-5-7-12(13)9-10-15(14)21-4/h5-10,18H,11H2,1-4H3,(H,19,20). The Morgan fingerprint density at radius 2 is 1.86 bits per heavy atom. The molecule has 0 bridgehead atoms. The Kier molecular flexibility index (Phi) is 4.88. The molecule has 5 heteroatoms. The van der Waals surface area contributed by atoms with Gasteiger partial charge < -0.3 is 9.47 Å². The van der Waals surface area contributed by atoms with E-state index < -0.39 is 11.7 Å². The van der Waals surface area contributed by atoms with Crippen LogP contribution in [0.4, 0.5) is 4.79 Å². The predicted octanol–water partition coefficient (Wildman–Crippen LogP) is 3.38. The zero-order valence-corrected chi connectivity index (χ0v) is 13.4. The normalized spacial score (nSPS) is 11.3. The first-order valence-corrected chi connectivity index (χ1v) is 7.17. The molecular formula is C17H22N2O3. The van der Waals surface area contributed by atoms with E-state index in [2.05, 4.69) is 10.9 Å². The van der Waals surface area contributed by atoms with Crippen LogP contribution < -0.4 is 15.6 Å². The molecule has 5 nitrogen and oxygen atoms in total. The smallest absolute Gasteiger partial charge is 0.422 e. The monoisotopic (exact) mass is 302 g/mol. The van der Waals surface area contributed by atoms with Crippen LogP contribution in [0.2, 0.25) is 0 Å². The second-order valence-corrected chi connectivity index (χ2v) is 5.95. The molecule has 0 fully saturated rings. The van der Waals surface area contributed by atoms with E-state index in [4.69, 9.17) is 9.47 Å². The number of hydrazine groups is 1. The second kappa shape index (κ2) is 6.66. The van der Waals surface area contributed by atoms with Crippen molar-refractivity contribution < 1.29 is 14.3 Å².